The lowest BCUT2D eigenvalue weighted by molar-refractivity contribution is -0.133. The SMILES string of the molecule is CC(=O)NCCC(=O)N1CC[C@]2(C(=O)Nc3ccccc32)[C@@H]1c1nccn1C.O=CO. The van der Waals surface area contributed by atoms with Gasteiger partial charge in [0.2, 0.25) is 17.7 Å². The average Bonchev–Trinajstić information content (AvgIpc) is 3.39. The second-order valence-electron chi connectivity index (χ2n) is 7.45. The third-order valence-corrected chi connectivity index (χ3v) is 5.72. The van der Waals surface area contributed by atoms with Gasteiger partial charge in [-0.15, -0.1) is 0 Å². The van der Waals surface area contributed by atoms with Crippen molar-refractivity contribution < 1.29 is 24.3 Å². The lowest BCUT2D eigenvalue weighted by Gasteiger charge is -2.33. The third-order valence-electron chi connectivity index (χ3n) is 5.72. The van der Waals surface area contributed by atoms with Crippen LogP contribution in [0, 0.1) is 0 Å². The van der Waals surface area contributed by atoms with Gasteiger partial charge in [-0.3, -0.25) is 19.2 Å². The first-order valence-corrected chi connectivity index (χ1v) is 9.86. The van der Waals surface area contributed by atoms with E-state index < -0.39 is 11.5 Å². The normalized spacial score (nSPS) is 21.2. The highest BCUT2D eigenvalue weighted by atomic mass is 16.3. The zero-order valence-corrected chi connectivity index (χ0v) is 17.4. The van der Waals surface area contributed by atoms with Gasteiger partial charge < -0.3 is 25.2 Å². The Morgan fingerprint density at radius 1 is 1.39 bits per heavy atom. The molecule has 0 unspecified atom stereocenters. The molecule has 164 valence electrons. The Balaban J connectivity index is 0.000000858. The second kappa shape index (κ2) is 8.99. The van der Waals surface area contributed by atoms with Crippen LogP contribution >= 0.6 is 0 Å². The summed E-state index contributed by atoms with van der Waals surface area (Å²) in [6, 6.07) is 7.14. The van der Waals surface area contributed by atoms with Crippen molar-refractivity contribution in [2.75, 3.05) is 18.4 Å². The number of likely N-dealkylation sites (tertiary alicyclic amines) is 1. The first-order valence-electron chi connectivity index (χ1n) is 9.86. The fourth-order valence-corrected chi connectivity index (χ4v) is 4.44. The number of carbonyl (C=O) groups is 4. The highest BCUT2D eigenvalue weighted by Crippen LogP contribution is 2.54. The van der Waals surface area contributed by atoms with Crippen LogP contribution in [-0.4, -0.2) is 56.8 Å². The Labute approximate surface area is 179 Å². The molecule has 1 saturated heterocycles. The van der Waals surface area contributed by atoms with Gasteiger partial charge in [-0.05, 0) is 18.1 Å². The molecule has 1 aromatic carbocycles. The molecule has 31 heavy (non-hydrogen) atoms. The number of para-hydroxylation sites is 1. The van der Waals surface area contributed by atoms with E-state index in [0.717, 1.165) is 11.3 Å². The Bertz CT molecular complexity index is 1000. The van der Waals surface area contributed by atoms with Crippen molar-refractivity contribution in [3.8, 4) is 0 Å². The van der Waals surface area contributed by atoms with Gasteiger partial charge in [-0.1, -0.05) is 18.2 Å². The molecule has 0 radical (unpaired) electrons. The maximum Gasteiger partial charge on any atom is 0.290 e. The van der Waals surface area contributed by atoms with Crippen LogP contribution in [0.1, 0.15) is 37.2 Å². The van der Waals surface area contributed by atoms with Crippen molar-refractivity contribution in [1.82, 2.24) is 19.8 Å². The van der Waals surface area contributed by atoms with E-state index in [4.69, 9.17) is 9.90 Å². The highest BCUT2D eigenvalue weighted by Gasteiger charge is 2.60. The maximum absolute atomic E-state index is 13.2. The van der Waals surface area contributed by atoms with Gasteiger partial charge in [0.15, 0.2) is 0 Å². The quantitative estimate of drug-likeness (QED) is 0.619. The fourth-order valence-electron chi connectivity index (χ4n) is 4.44. The second-order valence-corrected chi connectivity index (χ2v) is 7.45. The lowest BCUT2D eigenvalue weighted by Crippen LogP contribution is -2.44. The number of hydrogen-bond donors (Lipinski definition) is 3. The summed E-state index contributed by atoms with van der Waals surface area (Å²) in [5, 5.41) is 12.5. The zero-order chi connectivity index (χ0) is 22.6. The molecular formula is C21H25N5O5. The number of carbonyl (C=O) groups excluding carboxylic acids is 3. The molecule has 2 aliphatic heterocycles. The molecule has 3 heterocycles. The van der Waals surface area contributed by atoms with E-state index in [1.54, 1.807) is 11.1 Å². The number of amides is 3. The number of imidazole rings is 1. The Kier molecular flexibility index (Phi) is 6.38. The molecular weight excluding hydrogens is 402 g/mol. The first-order chi connectivity index (χ1) is 14.9. The zero-order valence-electron chi connectivity index (χ0n) is 17.4. The summed E-state index contributed by atoms with van der Waals surface area (Å²) >= 11 is 0. The van der Waals surface area contributed by atoms with Crippen molar-refractivity contribution in [2.45, 2.75) is 31.2 Å². The Morgan fingerprint density at radius 3 is 2.74 bits per heavy atom. The molecule has 1 aromatic heterocycles. The molecule has 2 aliphatic rings. The van der Waals surface area contributed by atoms with Crippen molar-refractivity contribution >= 4 is 29.9 Å². The van der Waals surface area contributed by atoms with E-state index in [1.807, 2.05) is 42.1 Å². The Hall–Kier alpha value is -3.69. The van der Waals surface area contributed by atoms with Crippen LogP contribution in [0.3, 0.4) is 0 Å². The number of anilines is 1. The predicted molar refractivity (Wildman–Crippen MR) is 111 cm³/mol. The van der Waals surface area contributed by atoms with Crippen molar-refractivity contribution in [1.29, 1.82) is 0 Å². The van der Waals surface area contributed by atoms with Crippen LogP contribution in [0.25, 0.3) is 0 Å². The smallest absolute Gasteiger partial charge is 0.290 e. The van der Waals surface area contributed by atoms with Gasteiger partial charge in [0.05, 0.1) is 0 Å². The summed E-state index contributed by atoms with van der Waals surface area (Å²) in [5.74, 6) is 0.308. The van der Waals surface area contributed by atoms with Gasteiger partial charge in [-0.2, -0.15) is 0 Å². The minimum atomic E-state index is -0.862. The summed E-state index contributed by atoms with van der Waals surface area (Å²) < 4.78 is 1.86. The van der Waals surface area contributed by atoms with Gasteiger partial charge in [0.1, 0.15) is 17.3 Å². The average molecular weight is 427 g/mol. The van der Waals surface area contributed by atoms with Gasteiger partial charge >= 0.3 is 0 Å². The van der Waals surface area contributed by atoms with Crippen LogP contribution in [0.5, 0.6) is 0 Å². The third kappa shape index (κ3) is 3.88. The molecule has 4 rings (SSSR count). The number of carboxylic acid groups (broad SMARTS) is 1. The van der Waals surface area contributed by atoms with Crippen LogP contribution in [0.4, 0.5) is 5.69 Å². The fraction of sp³-hybridized carbons (Fsp3) is 0.381. The number of hydrogen-bond acceptors (Lipinski definition) is 5. The van der Waals surface area contributed by atoms with E-state index >= 15 is 0 Å². The monoisotopic (exact) mass is 427 g/mol. The molecule has 0 saturated carbocycles. The van der Waals surface area contributed by atoms with E-state index in [2.05, 4.69) is 15.6 Å². The largest absolute Gasteiger partial charge is 0.483 e. The molecule has 0 bridgehead atoms. The number of benzene rings is 1. The van der Waals surface area contributed by atoms with E-state index in [-0.39, 0.29) is 37.2 Å². The summed E-state index contributed by atoms with van der Waals surface area (Å²) in [4.78, 5) is 51.9. The van der Waals surface area contributed by atoms with Crippen molar-refractivity contribution in [3.05, 3.63) is 48.0 Å². The van der Waals surface area contributed by atoms with Gasteiger partial charge in [0.25, 0.3) is 6.47 Å². The van der Waals surface area contributed by atoms with E-state index in [1.165, 1.54) is 6.92 Å². The number of rotatable bonds is 4. The molecule has 1 fully saturated rings. The van der Waals surface area contributed by atoms with Crippen LogP contribution in [0.2, 0.25) is 0 Å². The van der Waals surface area contributed by atoms with E-state index in [9.17, 15) is 14.4 Å². The van der Waals surface area contributed by atoms with Crippen molar-refractivity contribution in [2.24, 2.45) is 7.05 Å². The molecule has 2 atom stereocenters. The predicted octanol–water partition coefficient (Wildman–Crippen LogP) is 0.811. The summed E-state index contributed by atoms with van der Waals surface area (Å²) in [5.41, 5.74) is 0.837. The lowest BCUT2D eigenvalue weighted by atomic mass is 9.74. The van der Waals surface area contributed by atoms with Crippen LogP contribution < -0.4 is 10.6 Å². The van der Waals surface area contributed by atoms with Crippen molar-refractivity contribution in [3.63, 3.8) is 0 Å². The molecule has 3 N–H and O–H groups in total. The Morgan fingerprint density at radius 2 is 2.10 bits per heavy atom. The topological polar surface area (TPSA) is 134 Å². The standard InChI is InChI=1S/C20H23N5O3.CH2O2/c1-13(26)21-9-7-16(27)25-11-8-20(17(25)18-22-10-12-24(18)2)14-5-3-4-6-15(14)23-19(20)28;2-1-3/h3-6,10,12,17H,7-9,11H2,1-2H3,(H,21,26)(H,23,28);1H,(H,2,3)/t17-,20+;/m0./s1. The minimum Gasteiger partial charge on any atom is -0.483 e. The molecule has 2 aromatic rings. The van der Waals surface area contributed by atoms with Crippen LogP contribution in [0.15, 0.2) is 36.7 Å². The minimum absolute atomic E-state index is 0.0983. The molecule has 10 nitrogen and oxygen atoms in total. The molecule has 3 amide bonds. The number of nitrogens with one attached hydrogen (secondary N) is 2. The van der Waals surface area contributed by atoms with Gasteiger partial charge in [-0.25, -0.2) is 4.98 Å². The first kappa shape index (κ1) is 22.0. The summed E-state index contributed by atoms with van der Waals surface area (Å²) in [6.07, 6.45) is 4.21. The maximum atomic E-state index is 13.2. The number of aryl methyl sites for hydroxylation is 1. The highest BCUT2D eigenvalue weighted by molar-refractivity contribution is 6.07. The molecule has 1 spiro atoms. The number of fused-ring (bicyclic) bond motifs is 2. The number of nitrogens with zero attached hydrogens (tertiary/aromatic N) is 3. The van der Waals surface area contributed by atoms with E-state index in [0.29, 0.717) is 18.8 Å². The summed E-state index contributed by atoms with van der Waals surface area (Å²) in [7, 11) is 1.87. The number of aromatic nitrogens is 2. The molecule has 10 heteroatoms. The van der Waals surface area contributed by atoms with Gasteiger partial charge in [0, 0.05) is 51.6 Å². The molecule has 0 aliphatic carbocycles. The van der Waals surface area contributed by atoms with Crippen LogP contribution in [-0.2, 0) is 31.6 Å². The summed E-state index contributed by atoms with van der Waals surface area (Å²) in [6.45, 7) is 1.90.